The van der Waals surface area contributed by atoms with Gasteiger partial charge in [-0.2, -0.15) is 5.10 Å². The fourth-order valence-corrected chi connectivity index (χ4v) is 4.63. The summed E-state index contributed by atoms with van der Waals surface area (Å²) in [6, 6.07) is 6.13. The van der Waals surface area contributed by atoms with E-state index in [0.717, 1.165) is 55.8 Å². The Morgan fingerprint density at radius 1 is 1.17 bits per heavy atom. The van der Waals surface area contributed by atoms with Gasteiger partial charge in [-0.3, -0.25) is 9.20 Å². The second kappa shape index (κ2) is 7.27. The average molecular weight is 406 g/mol. The van der Waals surface area contributed by atoms with E-state index >= 15 is 0 Å². The summed E-state index contributed by atoms with van der Waals surface area (Å²) in [4.78, 5) is 34.0. The smallest absolute Gasteiger partial charge is 0.336 e. The zero-order valence-corrected chi connectivity index (χ0v) is 17.4. The third kappa shape index (κ3) is 3.07. The summed E-state index contributed by atoms with van der Waals surface area (Å²) in [5.41, 5.74) is 3.17. The Bertz CT molecular complexity index is 1180. The van der Waals surface area contributed by atoms with Gasteiger partial charge < -0.3 is 9.80 Å². The minimum absolute atomic E-state index is 0.0869. The van der Waals surface area contributed by atoms with Gasteiger partial charge in [0.2, 0.25) is 0 Å². The molecule has 2 aliphatic rings. The van der Waals surface area contributed by atoms with Gasteiger partial charge in [0.25, 0.3) is 5.91 Å². The van der Waals surface area contributed by atoms with Gasteiger partial charge in [-0.15, -0.1) is 0 Å². The first-order valence-electron chi connectivity index (χ1n) is 10.7. The van der Waals surface area contributed by atoms with Crippen molar-refractivity contribution in [3.8, 4) is 0 Å². The Morgan fingerprint density at radius 3 is 2.87 bits per heavy atom. The maximum absolute atomic E-state index is 13.1. The predicted molar refractivity (Wildman–Crippen MR) is 114 cm³/mol. The molecule has 1 saturated heterocycles. The molecule has 0 N–H and O–H groups in total. The molecular formula is C22H26N6O2. The van der Waals surface area contributed by atoms with E-state index < -0.39 is 0 Å². The minimum Gasteiger partial charge on any atom is -0.336 e. The van der Waals surface area contributed by atoms with Gasteiger partial charge in [0.05, 0.1) is 5.56 Å². The zero-order chi connectivity index (χ0) is 20.8. The van der Waals surface area contributed by atoms with Gasteiger partial charge >= 0.3 is 5.69 Å². The lowest BCUT2D eigenvalue weighted by Crippen LogP contribution is -2.42. The Balaban J connectivity index is 1.48. The van der Waals surface area contributed by atoms with Crippen LogP contribution in [0, 0.1) is 0 Å². The molecule has 1 fully saturated rings. The van der Waals surface area contributed by atoms with Crippen LogP contribution in [0.5, 0.6) is 0 Å². The van der Waals surface area contributed by atoms with Crippen LogP contribution in [-0.2, 0) is 13.5 Å². The fraction of sp³-hybridized carbons (Fsp3) is 0.455. The largest absolute Gasteiger partial charge is 0.350 e. The van der Waals surface area contributed by atoms with Crippen molar-refractivity contribution in [2.75, 3.05) is 18.0 Å². The van der Waals surface area contributed by atoms with Crippen LogP contribution in [0.2, 0.25) is 0 Å². The Kier molecular flexibility index (Phi) is 4.56. The maximum atomic E-state index is 13.1. The van der Waals surface area contributed by atoms with Crippen LogP contribution < -0.4 is 10.6 Å². The molecule has 5 rings (SSSR count). The number of pyridine rings is 2. The highest BCUT2D eigenvalue weighted by molar-refractivity contribution is 5.95. The van der Waals surface area contributed by atoms with E-state index in [-0.39, 0.29) is 17.6 Å². The maximum Gasteiger partial charge on any atom is 0.350 e. The summed E-state index contributed by atoms with van der Waals surface area (Å²) in [5.74, 6) is 0.969. The molecule has 2 aliphatic heterocycles. The van der Waals surface area contributed by atoms with Gasteiger partial charge in [0.15, 0.2) is 5.65 Å². The Morgan fingerprint density at radius 2 is 2.03 bits per heavy atom. The number of hydrogen-bond acceptors (Lipinski definition) is 5. The van der Waals surface area contributed by atoms with Gasteiger partial charge in [0.1, 0.15) is 5.82 Å². The molecule has 1 amide bonds. The Labute approximate surface area is 174 Å². The summed E-state index contributed by atoms with van der Waals surface area (Å²) in [7, 11) is 1.65. The number of likely N-dealkylation sites (tertiary alicyclic amines) is 1. The zero-order valence-electron chi connectivity index (χ0n) is 17.4. The van der Waals surface area contributed by atoms with E-state index in [1.54, 1.807) is 19.4 Å². The van der Waals surface area contributed by atoms with Crippen molar-refractivity contribution in [2.24, 2.45) is 7.05 Å². The number of aromatic nitrogens is 4. The third-order valence-electron chi connectivity index (χ3n) is 6.30. The number of nitrogens with zero attached hydrogens (tertiary/aromatic N) is 6. The summed E-state index contributed by atoms with van der Waals surface area (Å²) in [5, 5.41) is 4.29. The average Bonchev–Trinajstić information content (AvgIpc) is 3.05. The molecule has 30 heavy (non-hydrogen) atoms. The molecule has 0 saturated carbocycles. The molecule has 5 heterocycles. The summed E-state index contributed by atoms with van der Waals surface area (Å²) in [6.07, 6.45) is 8.68. The molecule has 0 radical (unpaired) electrons. The van der Waals surface area contributed by atoms with Crippen LogP contribution in [0.3, 0.4) is 0 Å². The standard InChI is InChI=1S/C22H26N6O2/c1-15-6-3-4-9-26(15)21(29)17-12-16-7-5-10-27(20(16)23-14-17)18-8-11-28-19(13-18)24-25(2)22(28)30/h8,11-15H,3-7,9-10H2,1-2H3/t15-/m0/s1. The second-order valence-electron chi connectivity index (χ2n) is 8.32. The molecule has 156 valence electrons. The molecule has 0 aliphatic carbocycles. The van der Waals surface area contributed by atoms with Crippen LogP contribution in [0.1, 0.15) is 48.5 Å². The third-order valence-corrected chi connectivity index (χ3v) is 6.30. The van der Waals surface area contributed by atoms with Crippen molar-refractivity contribution in [3.63, 3.8) is 0 Å². The number of piperidine rings is 1. The van der Waals surface area contributed by atoms with Gasteiger partial charge in [-0.1, -0.05) is 0 Å². The molecular weight excluding hydrogens is 380 g/mol. The fourth-order valence-electron chi connectivity index (χ4n) is 4.63. The molecule has 8 heteroatoms. The lowest BCUT2D eigenvalue weighted by Gasteiger charge is -2.34. The van der Waals surface area contributed by atoms with Gasteiger partial charge in [-0.25, -0.2) is 14.5 Å². The van der Waals surface area contributed by atoms with Crippen LogP contribution >= 0.6 is 0 Å². The Hall–Kier alpha value is -3.16. The normalized spacial score (nSPS) is 19.2. The van der Waals surface area contributed by atoms with Crippen LogP contribution in [0.4, 0.5) is 11.5 Å². The highest BCUT2D eigenvalue weighted by Gasteiger charge is 2.27. The minimum atomic E-state index is -0.163. The van der Waals surface area contributed by atoms with E-state index in [2.05, 4.69) is 16.9 Å². The summed E-state index contributed by atoms with van der Waals surface area (Å²) in [6.45, 7) is 3.79. The quantitative estimate of drug-likeness (QED) is 0.654. The number of fused-ring (bicyclic) bond motifs is 2. The topological polar surface area (TPSA) is 75.7 Å². The van der Waals surface area contributed by atoms with Crippen molar-refractivity contribution in [1.82, 2.24) is 24.1 Å². The van der Waals surface area contributed by atoms with Gasteiger partial charge in [-0.05, 0) is 56.7 Å². The van der Waals surface area contributed by atoms with Crippen LogP contribution in [0.25, 0.3) is 5.65 Å². The molecule has 8 nitrogen and oxygen atoms in total. The number of carbonyl (C=O) groups is 1. The number of amides is 1. The van der Waals surface area contributed by atoms with Crippen LogP contribution in [0.15, 0.2) is 35.4 Å². The highest BCUT2D eigenvalue weighted by atomic mass is 16.2. The van der Waals surface area contributed by atoms with E-state index in [1.165, 1.54) is 15.5 Å². The second-order valence-corrected chi connectivity index (χ2v) is 8.32. The molecule has 0 bridgehead atoms. The molecule has 1 atom stereocenters. The van der Waals surface area contributed by atoms with E-state index in [4.69, 9.17) is 4.98 Å². The molecule has 3 aromatic rings. The number of rotatable bonds is 2. The monoisotopic (exact) mass is 406 g/mol. The number of hydrogen-bond donors (Lipinski definition) is 0. The summed E-state index contributed by atoms with van der Waals surface area (Å²) >= 11 is 0. The van der Waals surface area contributed by atoms with Crippen molar-refractivity contribution < 1.29 is 4.79 Å². The SMILES string of the molecule is C[C@H]1CCCCN1C(=O)c1cnc2c(c1)CCCN2c1ccn2c(=O)n(C)nc2c1. The van der Waals surface area contributed by atoms with Crippen molar-refractivity contribution in [1.29, 1.82) is 0 Å². The van der Waals surface area contributed by atoms with Crippen molar-refractivity contribution in [2.45, 2.75) is 45.1 Å². The van der Waals surface area contributed by atoms with Crippen molar-refractivity contribution >= 4 is 23.1 Å². The van der Waals surface area contributed by atoms with E-state index in [9.17, 15) is 9.59 Å². The van der Waals surface area contributed by atoms with Crippen molar-refractivity contribution in [3.05, 3.63) is 52.2 Å². The lowest BCUT2D eigenvalue weighted by atomic mass is 10.0. The summed E-state index contributed by atoms with van der Waals surface area (Å²) < 4.78 is 2.87. The lowest BCUT2D eigenvalue weighted by molar-refractivity contribution is 0.0635. The molecule has 0 unspecified atom stereocenters. The van der Waals surface area contributed by atoms with E-state index in [1.807, 2.05) is 23.1 Å². The van der Waals surface area contributed by atoms with Gasteiger partial charge in [0, 0.05) is 50.3 Å². The predicted octanol–water partition coefficient (Wildman–Crippen LogP) is 2.53. The van der Waals surface area contributed by atoms with E-state index in [0.29, 0.717) is 11.2 Å². The van der Waals surface area contributed by atoms with Crippen LogP contribution in [-0.4, -0.2) is 49.1 Å². The number of aryl methyl sites for hydroxylation is 2. The number of carbonyl (C=O) groups excluding carboxylic acids is 1. The molecule has 0 spiro atoms. The molecule has 3 aromatic heterocycles. The first-order valence-corrected chi connectivity index (χ1v) is 10.7. The first kappa shape index (κ1) is 18.8. The first-order chi connectivity index (χ1) is 14.5. The highest BCUT2D eigenvalue weighted by Crippen LogP contribution is 2.33. The number of anilines is 2. The molecule has 0 aromatic carbocycles.